The number of benzene rings is 1. The Balaban J connectivity index is 2.81. The summed E-state index contributed by atoms with van der Waals surface area (Å²) in [7, 11) is 4.08. The summed E-state index contributed by atoms with van der Waals surface area (Å²) < 4.78 is 0. The molecule has 0 saturated carbocycles. The van der Waals surface area contributed by atoms with Gasteiger partial charge in [-0.25, -0.2) is 4.98 Å². The van der Waals surface area contributed by atoms with Crippen LogP contribution in [0.1, 0.15) is 32.0 Å². The number of fused-ring (bicyclic) bond motifs is 1. The lowest BCUT2D eigenvalue weighted by Crippen LogP contribution is -2.18. The van der Waals surface area contributed by atoms with Crippen molar-refractivity contribution in [2.45, 2.75) is 33.1 Å². The standard InChI is InChI=1S/C16H22N2/c1-11-7-8-13-12(9-11)10-14(18(5)6)17-15(13)16(2,3)4/h7-10H,1-6H3. The van der Waals surface area contributed by atoms with Gasteiger partial charge in [0.25, 0.3) is 0 Å². The average molecular weight is 242 g/mol. The summed E-state index contributed by atoms with van der Waals surface area (Å²) in [5, 5.41) is 2.54. The molecule has 0 atom stereocenters. The van der Waals surface area contributed by atoms with E-state index < -0.39 is 0 Å². The molecule has 18 heavy (non-hydrogen) atoms. The van der Waals surface area contributed by atoms with Crippen LogP contribution in [0.3, 0.4) is 0 Å². The summed E-state index contributed by atoms with van der Waals surface area (Å²) >= 11 is 0. The van der Waals surface area contributed by atoms with Gasteiger partial charge in [0.2, 0.25) is 0 Å². The van der Waals surface area contributed by atoms with E-state index in [1.165, 1.54) is 22.0 Å². The fourth-order valence-corrected chi connectivity index (χ4v) is 2.16. The molecule has 0 amide bonds. The highest BCUT2D eigenvalue weighted by atomic mass is 15.1. The van der Waals surface area contributed by atoms with E-state index in [-0.39, 0.29) is 5.41 Å². The maximum atomic E-state index is 4.83. The fourth-order valence-electron chi connectivity index (χ4n) is 2.16. The minimum absolute atomic E-state index is 0.0551. The molecule has 2 heteroatoms. The SMILES string of the molecule is Cc1ccc2c(C(C)(C)C)nc(N(C)C)cc2c1. The van der Waals surface area contributed by atoms with Crippen molar-refractivity contribution in [3.63, 3.8) is 0 Å². The average Bonchev–Trinajstić information content (AvgIpc) is 2.25. The molecule has 0 aliphatic heterocycles. The number of pyridine rings is 1. The van der Waals surface area contributed by atoms with Crippen molar-refractivity contribution in [1.82, 2.24) is 4.98 Å². The van der Waals surface area contributed by atoms with E-state index in [4.69, 9.17) is 4.98 Å². The van der Waals surface area contributed by atoms with E-state index in [9.17, 15) is 0 Å². The molecule has 0 aliphatic rings. The Bertz CT molecular complexity index is 577. The number of nitrogens with zero attached hydrogens (tertiary/aromatic N) is 2. The number of rotatable bonds is 1. The van der Waals surface area contributed by atoms with Crippen LogP contribution >= 0.6 is 0 Å². The first-order valence-corrected chi connectivity index (χ1v) is 6.38. The molecular weight excluding hydrogens is 220 g/mol. The van der Waals surface area contributed by atoms with Crippen LogP contribution in [0.2, 0.25) is 0 Å². The zero-order valence-electron chi connectivity index (χ0n) is 12.2. The molecule has 0 radical (unpaired) electrons. The third-order valence-electron chi connectivity index (χ3n) is 3.14. The molecule has 0 spiro atoms. The monoisotopic (exact) mass is 242 g/mol. The van der Waals surface area contributed by atoms with Crippen LogP contribution in [0, 0.1) is 6.92 Å². The second-order valence-corrected chi connectivity index (χ2v) is 6.20. The first-order chi connectivity index (χ1) is 8.29. The van der Waals surface area contributed by atoms with Gasteiger partial charge < -0.3 is 4.90 Å². The zero-order chi connectivity index (χ0) is 13.5. The number of hydrogen-bond donors (Lipinski definition) is 0. The number of aryl methyl sites for hydroxylation is 1. The normalized spacial score (nSPS) is 11.9. The highest BCUT2D eigenvalue weighted by molar-refractivity contribution is 5.88. The topological polar surface area (TPSA) is 16.1 Å². The van der Waals surface area contributed by atoms with Crippen LogP contribution in [0.5, 0.6) is 0 Å². The van der Waals surface area contributed by atoms with Gasteiger partial charge in [-0.2, -0.15) is 0 Å². The van der Waals surface area contributed by atoms with Gasteiger partial charge in [-0.3, -0.25) is 0 Å². The molecule has 0 saturated heterocycles. The molecule has 0 bridgehead atoms. The van der Waals surface area contributed by atoms with E-state index in [0.29, 0.717) is 0 Å². The second kappa shape index (κ2) is 4.27. The highest BCUT2D eigenvalue weighted by Crippen LogP contribution is 2.31. The summed E-state index contributed by atoms with van der Waals surface area (Å²) in [5.41, 5.74) is 2.52. The Morgan fingerprint density at radius 3 is 2.28 bits per heavy atom. The Morgan fingerprint density at radius 1 is 1.06 bits per heavy atom. The Hall–Kier alpha value is -1.57. The Kier molecular flexibility index (Phi) is 3.05. The first-order valence-electron chi connectivity index (χ1n) is 6.38. The van der Waals surface area contributed by atoms with E-state index in [1.54, 1.807) is 0 Å². The molecule has 0 fully saturated rings. The Morgan fingerprint density at radius 2 is 1.72 bits per heavy atom. The molecule has 0 unspecified atom stereocenters. The number of anilines is 1. The molecule has 1 aromatic carbocycles. The van der Waals surface area contributed by atoms with Crippen LogP contribution < -0.4 is 4.90 Å². The minimum Gasteiger partial charge on any atom is -0.363 e. The number of hydrogen-bond acceptors (Lipinski definition) is 2. The molecule has 0 aliphatic carbocycles. The van der Waals surface area contributed by atoms with Gasteiger partial charge in [-0.05, 0) is 18.4 Å². The highest BCUT2D eigenvalue weighted by Gasteiger charge is 2.20. The van der Waals surface area contributed by atoms with Gasteiger partial charge in [0.1, 0.15) is 5.82 Å². The Labute approximate surface area is 110 Å². The summed E-state index contributed by atoms with van der Waals surface area (Å²) in [6.07, 6.45) is 0. The predicted molar refractivity (Wildman–Crippen MR) is 79.5 cm³/mol. The van der Waals surface area contributed by atoms with Crippen LogP contribution in [0.4, 0.5) is 5.82 Å². The third-order valence-corrected chi connectivity index (χ3v) is 3.14. The lowest BCUT2D eigenvalue weighted by molar-refractivity contribution is 0.575. The van der Waals surface area contributed by atoms with Crippen LogP contribution in [0.25, 0.3) is 10.8 Å². The molecular formula is C16H22N2. The summed E-state index contributed by atoms with van der Waals surface area (Å²) in [6.45, 7) is 8.78. The quantitative estimate of drug-likeness (QED) is 0.753. The van der Waals surface area contributed by atoms with Crippen molar-refractivity contribution in [1.29, 1.82) is 0 Å². The minimum atomic E-state index is 0.0551. The largest absolute Gasteiger partial charge is 0.363 e. The van der Waals surface area contributed by atoms with E-state index in [0.717, 1.165) is 5.82 Å². The van der Waals surface area contributed by atoms with Crippen LogP contribution in [-0.2, 0) is 5.41 Å². The van der Waals surface area contributed by atoms with E-state index in [1.807, 2.05) is 14.1 Å². The number of aromatic nitrogens is 1. The van der Waals surface area contributed by atoms with Crippen molar-refractivity contribution in [3.8, 4) is 0 Å². The zero-order valence-corrected chi connectivity index (χ0v) is 12.2. The van der Waals surface area contributed by atoms with Gasteiger partial charge in [-0.15, -0.1) is 0 Å². The van der Waals surface area contributed by atoms with Crippen molar-refractivity contribution in [3.05, 3.63) is 35.5 Å². The van der Waals surface area contributed by atoms with Crippen molar-refractivity contribution in [2.75, 3.05) is 19.0 Å². The first kappa shape index (κ1) is 12.9. The maximum absolute atomic E-state index is 4.83. The van der Waals surface area contributed by atoms with Crippen LogP contribution in [-0.4, -0.2) is 19.1 Å². The maximum Gasteiger partial charge on any atom is 0.128 e. The summed E-state index contributed by atoms with van der Waals surface area (Å²) in [5.74, 6) is 1.03. The van der Waals surface area contributed by atoms with Gasteiger partial charge >= 0.3 is 0 Å². The van der Waals surface area contributed by atoms with Gasteiger partial charge in [0.05, 0.1) is 5.69 Å². The van der Waals surface area contributed by atoms with E-state index >= 15 is 0 Å². The van der Waals surface area contributed by atoms with Crippen molar-refractivity contribution in [2.24, 2.45) is 0 Å². The van der Waals surface area contributed by atoms with Gasteiger partial charge in [0.15, 0.2) is 0 Å². The molecule has 2 aromatic rings. The summed E-state index contributed by atoms with van der Waals surface area (Å²) in [4.78, 5) is 6.89. The third kappa shape index (κ3) is 2.33. The fraction of sp³-hybridized carbons (Fsp3) is 0.438. The summed E-state index contributed by atoms with van der Waals surface area (Å²) in [6, 6.07) is 8.75. The van der Waals surface area contributed by atoms with Gasteiger partial charge in [-0.1, -0.05) is 44.5 Å². The second-order valence-electron chi connectivity index (χ2n) is 6.20. The molecule has 1 heterocycles. The van der Waals surface area contributed by atoms with Crippen molar-refractivity contribution >= 4 is 16.6 Å². The smallest absolute Gasteiger partial charge is 0.128 e. The van der Waals surface area contributed by atoms with Crippen LogP contribution in [0.15, 0.2) is 24.3 Å². The van der Waals surface area contributed by atoms with Gasteiger partial charge in [0, 0.05) is 24.9 Å². The predicted octanol–water partition coefficient (Wildman–Crippen LogP) is 3.91. The molecule has 2 nitrogen and oxygen atoms in total. The molecule has 0 N–H and O–H groups in total. The lowest BCUT2D eigenvalue weighted by atomic mass is 9.88. The van der Waals surface area contributed by atoms with E-state index in [2.05, 4.69) is 56.9 Å². The molecule has 96 valence electrons. The molecule has 1 aromatic heterocycles. The lowest BCUT2D eigenvalue weighted by Gasteiger charge is -2.23. The molecule has 2 rings (SSSR count). The van der Waals surface area contributed by atoms with Crippen molar-refractivity contribution < 1.29 is 0 Å².